The predicted molar refractivity (Wildman–Crippen MR) is 74.2 cm³/mol. The molecule has 0 amide bonds. The van der Waals surface area contributed by atoms with Crippen LogP contribution in [0.1, 0.15) is 16.8 Å². The van der Waals surface area contributed by atoms with Crippen molar-refractivity contribution in [1.82, 2.24) is 9.78 Å². The minimum atomic E-state index is 0.433. The first-order chi connectivity index (χ1) is 8.56. The van der Waals surface area contributed by atoms with Crippen molar-refractivity contribution >= 4 is 11.6 Å². The van der Waals surface area contributed by atoms with Gasteiger partial charge in [0, 0.05) is 12.6 Å². The third-order valence-electron chi connectivity index (χ3n) is 3.09. The predicted octanol–water partition coefficient (Wildman–Crippen LogP) is 3.45. The largest absolute Gasteiger partial charge is 0.496 e. The van der Waals surface area contributed by atoms with E-state index >= 15 is 0 Å². The van der Waals surface area contributed by atoms with Crippen LogP contribution >= 0.6 is 11.6 Å². The summed E-state index contributed by atoms with van der Waals surface area (Å²) in [5.41, 5.74) is 5.42. The number of hydrogen-bond acceptors (Lipinski definition) is 2. The number of aryl methyl sites for hydroxylation is 3. The second kappa shape index (κ2) is 5.02. The van der Waals surface area contributed by atoms with Gasteiger partial charge in [-0.15, -0.1) is 11.6 Å². The number of methoxy groups -OCH3 is 1. The van der Waals surface area contributed by atoms with E-state index in [-0.39, 0.29) is 0 Å². The minimum Gasteiger partial charge on any atom is -0.496 e. The van der Waals surface area contributed by atoms with Crippen molar-refractivity contribution in [1.29, 1.82) is 0 Å². The normalized spacial score (nSPS) is 10.7. The molecule has 0 unspecified atom stereocenters. The van der Waals surface area contributed by atoms with Crippen LogP contribution in [0.5, 0.6) is 5.75 Å². The van der Waals surface area contributed by atoms with E-state index in [1.807, 2.05) is 24.7 Å². The Balaban J connectivity index is 2.56. The van der Waals surface area contributed by atoms with Gasteiger partial charge in [0.15, 0.2) is 0 Å². The zero-order valence-electron chi connectivity index (χ0n) is 11.1. The molecule has 96 valence electrons. The van der Waals surface area contributed by atoms with Crippen LogP contribution in [0.4, 0.5) is 0 Å². The van der Waals surface area contributed by atoms with Gasteiger partial charge < -0.3 is 4.74 Å². The highest BCUT2D eigenvalue weighted by Crippen LogP contribution is 2.30. The molecule has 0 saturated carbocycles. The fraction of sp³-hybridized carbons (Fsp3) is 0.357. The second-order valence-corrected chi connectivity index (χ2v) is 4.68. The highest BCUT2D eigenvalue weighted by atomic mass is 35.5. The van der Waals surface area contributed by atoms with E-state index in [1.165, 1.54) is 11.1 Å². The van der Waals surface area contributed by atoms with Gasteiger partial charge in [-0.1, -0.05) is 0 Å². The van der Waals surface area contributed by atoms with Crippen LogP contribution in [-0.4, -0.2) is 16.9 Å². The molecule has 0 spiro atoms. The maximum Gasteiger partial charge on any atom is 0.122 e. The summed E-state index contributed by atoms with van der Waals surface area (Å²) >= 11 is 5.82. The first-order valence-electron chi connectivity index (χ1n) is 5.81. The molecule has 0 aliphatic rings. The molecule has 1 aromatic carbocycles. The fourth-order valence-corrected chi connectivity index (χ4v) is 2.26. The molecule has 3 nitrogen and oxygen atoms in total. The standard InChI is InChI=1S/C14H17ClN2O/c1-9-6-14(18-4)10(2)5-12(9)13-7-11(8-15)16-17(13)3/h5-7H,8H2,1-4H3. The lowest BCUT2D eigenvalue weighted by molar-refractivity contribution is 0.411. The van der Waals surface area contributed by atoms with Crippen molar-refractivity contribution in [2.45, 2.75) is 19.7 Å². The Morgan fingerprint density at radius 3 is 2.50 bits per heavy atom. The van der Waals surface area contributed by atoms with Crippen LogP contribution in [0, 0.1) is 13.8 Å². The molecule has 2 rings (SSSR count). The van der Waals surface area contributed by atoms with Crippen molar-refractivity contribution in [3.05, 3.63) is 35.0 Å². The van der Waals surface area contributed by atoms with Crippen LogP contribution in [0.25, 0.3) is 11.3 Å². The van der Waals surface area contributed by atoms with Gasteiger partial charge in [0.2, 0.25) is 0 Å². The number of nitrogens with zero attached hydrogens (tertiary/aromatic N) is 2. The molecule has 0 aliphatic carbocycles. The van der Waals surface area contributed by atoms with Crippen molar-refractivity contribution in [2.24, 2.45) is 7.05 Å². The van der Waals surface area contributed by atoms with E-state index in [0.717, 1.165) is 22.7 Å². The van der Waals surface area contributed by atoms with Crippen molar-refractivity contribution < 1.29 is 4.74 Å². The highest BCUT2D eigenvalue weighted by molar-refractivity contribution is 6.16. The average Bonchev–Trinajstić information content (AvgIpc) is 2.73. The summed E-state index contributed by atoms with van der Waals surface area (Å²) in [5, 5.41) is 4.37. The molecule has 1 heterocycles. The highest BCUT2D eigenvalue weighted by Gasteiger charge is 2.11. The molecule has 0 aliphatic heterocycles. The maximum absolute atomic E-state index is 5.82. The Morgan fingerprint density at radius 2 is 1.94 bits per heavy atom. The lowest BCUT2D eigenvalue weighted by atomic mass is 10.0. The maximum atomic E-state index is 5.82. The molecule has 0 fully saturated rings. The number of rotatable bonds is 3. The number of alkyl halides is 1. The molecule has 0 bridgehead atoms. The summed E-state index contributed by atoms with van der Waals surface area (Å²) in [4.78, 5) is 0. The summed E-state index contributed by atoms with van der Waals surface area (Å²) in [6.07, 6.45) is 0. The smallest absolute Gasteiger partial charge is 0.122 e. The summed E-state index contributed by atoms with van der Waals surface area (Å²) in [6, 6.07) is 6.21. The molecular weight excluding hydrogens is 248 g/mol. The van der Waals surface area contributed by atoms with Gasteiger partial charge in [0.25, 0.3) is 0 Å². The summed E-state index contributed by atoms with van der Waals surface area (Å²) in [7, 11) is 3.63. The Hall–Kier alpha value is -1.48. The Kier molecular flexibility index (Phi) is 3.62. The van der Waals surface area contributed by atoms with Crippen LogP contribution in [-0.2, 0) is 12.9 Å². The van der Waals surface area contributed by atoms with E-state index in [1.54, 1.807) is 7.11 Å². The van der Waals surface area contributed by atoms with Gasteiger partial charge in [-0.3, -0.25) is 4.68 Å². The van der Waals surface area contributed by atoms with E-state index < -0.39 is 0 Å². The second-order valence-electron chi connectivity index (χ2n) is 4.41. The molecule has 0 N–H and O–H groups in total. The van der Waals surface area contributed by atoms with Crippen LogP contribution in [0.15, 0.2) is 18.2 Å². The molecule has 0 saturated heterocycles. The number of benzene rings is 1. The average molecular weight is 265 g/mol. The van der Waals surface area contributed by atoms with Gasteiger partial charge in [-0.05, 0) is 43.2 Å². The van der Waals surface area contributed by atoms with Crippen molar-refractivity contribution in [3.8, 4) is 17.0 Å². The SMILES string of the molecule is COc1cc(C)c(-c2cc(CCl)nn2C)cc1C. The van der Waals surface area contributed by atoms with Crippen molar-refractivity contribution in [3.63, 3.8) is 0 Å². The third kappa shape index (κ3) is 2.23. The summed E-state index contributed by atoms with van der Waals surface area (Å²) in [5.74, 6) is 1.35. The zero-order chi connectivity index (χ0) is 13.3. The number of halogens is 1. The fourth-order valence-electron chi connectivity index (χ4n) is 2.13. The van der Waals surface area contributed by atoms with Crippen molar-refractivity contribution in [2.75, 3.05) is 7.11 Å². The Labute approximate surface area is 112 Å². The zero-order valence-corrected chi connectivity index (χ0v) is 11.9. The Bertz CT molecular complexity index is 575. The molecule has 1 aromatic heterocycles. The van der Waals surface area contributed by atoms with E-state index in [2.05, 4.69) is 24.2 Å². The number of aromatic nitrogens is 2. The van der Waals surface area contributed by atoms with Gasteiger partial charge in [0.05, 0.1) is 24.4 Å². The van der Waals surface area contributed by atoms with E-state index in [4.69, 9.17) is 16.3 Å². The molecule has 2 aromatic rings. The van der Waals surface area contributed by atoms with Gasteiger partial charge in [-0.25, -0.2) is 0 Å². The molecule has 0 radical (unpaired) electrons. The quantitative estimate of drug-likeness (QED) is 0.794. The molecule has 0 atom stereocenters. The van der Waals surface area contributed by atoms with E-state index in [0.29, 0.717) is 5.88 Å². The minimum absolute atomic E-state index is 0.433. The molecule has 4 heteroatoms. The summed E-state index contributed by atoms with van der Waals surface area (Å²) < 4.78 is 7.20. The Morgan fingerprint density at radius 1 is 1.22 bits per heavy atom. The van der Waals surface area contributed by atoms with Crippen LogP contribution < -0.4 is 4.74 Å². The lowest BCUT2D eigenvalue weighted by Crippen LogP contribution is -1.97. The van der Waals surface area contributed by atoms with Gasteiger partial charge in [-0.2, -0.15) is 5.10 Å². The number of ether oxygens (including phenoxy) is 1. The van der Waals surface area contributed by atoms with Gasteiger partial charge >= 0.3 is 0 Å². The third-order valence-corrected chi connectivity index (χ3v) is 3.36. The molecule has 18 heavy (non-hydrogen) atoms. The summed E-state index contributed by atoms with van der Waals surface area (Å²) in [6.45, 7) is 4.12. The van der Waals surface area contributed by atoms with Crippen LogP contribution in [0.3, 0.4) is 0 Å². The van der Waals surface area contributed by atoms with E-state index in [9.17, 15) is 0 Å². The lowest BCUT2D eigenvalue weighted by Gasteiger charge is -2.11. The van der Waals surface area contributed by atoms with Gasteiger partial charge in [0.1, 0.15) is 5.75 Å². The number of hydrogen-bond donors (Lipinski definition) is 0. The first-order valence-corrected chi connectivity index (χ1v) is 6.34. The monoisotopic (exact) mass is 264 g/mol. The topological polar surface area (TPSA) is 27.1 Å². The molecular formula is C14H17ClN2O. The first kappa shape index (κ1) is 13.0. The van der Waals surface area contributed by atoms with Crippen LogP contribution in [0.2, 0.25) is 0 Å².